The monoisotopic (exact) mass is 431 g/mol. The van der Waals surface area contributed by atoms with Gasteiger partial charge in [-0.2, -0.15) is 0 Å². The van der Waals surface area contributed by atoms with Gasteiger partial charge in [-0.15, -0.1) is 0 Å². The maximum absolute atomic E-state index is 12.4. The number of rotatable bonds is 7. The Bertz CT molecular complexity index is 947. The first-order valence-electron chi connectivity index (χ1n) is 9.56. The van der Waals surface area contributed by atoms with Crippen molar-refractivity contribution in [3.05, 3.63) is 40.5 Å². The number of nitro groups is 1. The number of esters is 1. The first-order chi connectivity index (χ1) is 14.7. The number of benzene rings is 1. The third-order valence-corrected chi connectivity index (χ3v) is 5.22. The first-order valence-corrected chi connectivity index (χ1v) is 9.56. The van der Waals surface area contributed by atoms with Crippen LogP contribution in [0.5, 0.6) is 5.75 Å². The maximum Gasteiger partial charge on any atom is 0.326 e. The Hall–Kier alpha value is -3.76. The van der Waals surface area contributed by atoms with Gasteiger partial charge in [0.2, 0.25) is 11.8 Å². The Morgan fingerprint density at radius 3 is 2.39 bits per heavy atom. The van der Waals surface area contributed by atoms with Gasteiger partial charge < -0.3 is 14.8 Å². The topological polar surface area (TPSA) is 145 Å². The van der Waals surface area contributed by atoms with Crippen LogP contribution in [-0.2, 0) is 23.9 Å². The number of anilines is 1. The second-order valence-electron chi connectivity index (χ2n) is 7.18. The molecule has 0 radical (unpaired) electrons. The largest absolute Gasteiger partial charge is 0.495 e. The summed E-state index contributed by atoms with van der Waals surface area (Å²) in [5, 5.41) is 13.4. The molecule has 0 aromatic heterocycles. The van der Waals surface area contributed by atoms with Crippen molar-refractivity contribution in [2.24, 2.45) is 11.8 Å². The van der Waals surface area contributed by atoms with Crippen molar-refractivity contribution in [2.45, 2.75) is 25.9 Å². The number of hydrogen-bond acceptors (Lipinski definition) is 8. The Morgan fingerprint density at radius 2 is 1.84 bits per heavy atom. The van der Waals surface area contributed by atoms with Crippen molar-refractivity contribution < 1.29 is 33.6 Å². The van der Waals surface area contributed by atoms with Crippen LogP contribution in [0, 0.1) is 22.0 Å². The van der Waals surface area contributed by atoms with E-state index >= 15 is 0 Å². The molecule has 164 valence electrons. The average molecular weight is 431 g/mol. The number of hydrogen-bond donors (Lipinski definition) is 1. The van der Waals surface area contributed by atoms with Gasteiger partial charge in [0.05, 0.1) is 29.6 Å². The molecular formula is C20H21N3O8. The zero-order chi connectivity index (χ0) is 22.7. The van der Waals surface area contributed by atoms with E-state index in [1.54, 1.807) is 0 Å². The van der Waals surface area contributed by atoms with Crippen molar-refractivity contribution in [3.8, 4) is 5.75 Å². The lowest BCUT2D eigenvalue weighted by molar-refractivity contribution is -0.384. The predicted octanol–water partition coefficient (Wildman–Crippen LogP) is 1.42. The van der Waals surface area contributed by atoms with Crippen LogP contribution in [0.4, 0.5) is 11.4 Å². The van der Waals surface area contributed by atoms with E-state index < -0.39 is 53.1 Å². The Balaban J connectivity index is 1.61. The van der Waals surface area contributed by atoms with Crippen molar-refractivity contribution in [1.82, 2.24) is 4.90 Å². The summed E-state index contributed by atoms with van der Waals surface area (Å²) in [6, 6.07) is 3.65. The number of nitro benzene ring substituents is 1. The van der Waals surface area contributed by atoms with E-state index in [1.165, 1.54) is 26.2 Å². The Kier molecular flexibility index (Phi) is 6.33. The minimum atomic E-state index is -1.28. The van der Waals surface area contributed by atoms with E-state index in [1.807, 2.05) is 12.2 Å². The third kappa shape index (κ3) is 4.55. The van der Waals surface area contributed by atoms with Crippen LogP contribution < -0.4 is 10.1 Å². The number of carbonyl (C=O) groups is 4. The highest BCUT2D eigenvalue weighted by Gasteiger charge is 2.47. The number of carbonyl (C=O) groups excluding carboxylic acids is 4. The average Bonchev–Trinajstić information content (AvgIpc) is 2.98. The molecule has 1 aliphatic carbocycles. The molecule has 2 aliphatic rings. The molecule has 1 heterocycles. The zero-order valence-corrected chi connectivity index (χ0v) is 16.9. The fourth-order valence-corrected chi connectivity index (χ4v) is 3.58. The minimum absolute atomic E-state index is 0.0334. The fraction of sp³-hybridized carbons (Fsp3) is 0.400. The van der Waals surface area contributed by atoms with Crippen LogP contribution in [-0.4, -0.2) is 53.3 Å². The normalized spacial score (nSPS) is 20.8. The van der Waals surface area contributed by atoms with Gasteiger partial charge in [0.15, 0.2) is 6.10 Å². The van der Waals surface area contributed by atoms with Gasteiger partial charge >= 0.3 is 5.97 Å². The van der Waals surface area contributed by atoms with E-state index in [0.717, 1.165) is 11.0 Å². The number of allylic oxidation sites excluding steroid dienone is 2. The number of likely N-dealkylation sites (tertiary alicyclic amines) is 1. The molecule has 1 aromatic rings. The van der Waals surface area contributed by atoms with Gasteiger partial charge in [0.25, 0.3) is 11.6 Å². The second-order valence-corrected chi connectivity index (χ2v) is 7.18. The van der Waals surface area contributed by atoms with Crippen LogP contribution >= 0.6 is 0 Å². The first kappa shape index (κ1) is 21.9. The lowest BCUT2D eigenvalue weighted by Crippen LogP contribution is -2.39. The predicted molar refractivity (Wildman–Crippen MR) is 106 cm³/mol. The maximum atomic E-state index is 12.4. The molecule has 1 saturated heterocycles. The van der Waals surface area contributed by atoms with Crippen LogP contribution in [0.15, 0.2) is 30.4 Å². The number of nitrogens with zero attached hydrogens (tertiary/aromatic N) is 2. The molecule has 1 aliphatic heterocycles. The van der Waals surface area contributed by atoms with Gasteiger partial charge in [0, 0.05) is 12.1 Å². The summed E-state index contributed by atoms with van der Waals surface area (Å²) in [7, 11) is 1.33. The Labute approximate surface area is 177 Å². The summed E-state index contributed by atoms with van der Waals surface area (Å²) in [5.41, 5.74) is -0.228. The van der Waals surface area contributed by atoms with Gasteiger partial charge in [-0.3, -0.25) is 34.2 Å². The number of amides is 3. The highest BCUT2D eigenvalue weighted by molar-refractivity contribution is 6.07. The SMILES string of the molecule is COc1ccc([N+](=O)[O-])cc1NC(=O)[C@@H](C)OC(=O)CN1C(=O)[C@H]2CC=CC[C@H]2C1=O. The summed E-state index contributed by atoms with van der Waals surface area (Å²) in [6.45, 7) is 0.719. The molecule has 1 fully saturated rings. The summed E-state index contributed by atoms with van der Waals surface area (Å²) in [5.74, 6) is -3.27. The summed E-state index contributed by atoms with van der Waals surface area (Å²) >= 11 is 0. The highest BCUT2D eigenvalue weighted by atomic mass is 16.6. The number of ether oxygens (including phenoxy) is 2. The highest BCUT2D eigenvalue weighted by Crippen LogP contribution is 2.35. The third-order valence-electron chi connectivity index (χ3n) is 5.22. The van der Waals surface area contributed by atoms with Gasteiger partial charge in [0.1, 0.15) is 12.3 Å². The minimum Gasteiger partial charge on any atom is -0.495 e. The van der Waals surface area contributed by atoms with E-state index in [2.05, 4.69) is 5.32 Å². The molecule has 0 bridgehead atoms. The number of methoxy groups -OCH3 is 1. The molecule has 0 saturated carbocycles. The van der Waals surface area contributed by atoms with Crippen LogP contribution in [0.2, 0.25) is 0 Å². The fourth-order valence-electron chi connectivity index (χ4n) is 3.58. The van der Waals surface area contributed by atoms with E-state index in [-0.39, 0.29) is 17.1 Å². The Morgan fingerprint density at radius 1 is 1.23 bits per heavy atom. The molecule has 3 amide bonds. The molecule has 1 N–H and O–H groups in total. The molecule has 3 rings (SSSR count). The number of fused-ring (bicyclic) bond motifs is 1. The van der Waals surface area contributed by atoms with E-state index in [9.17, 15) is 29.3 Å². The molecule has 1 aromatic carbocycles. The number of nitrogens with one attached hydrogen (secondary N) is 1. The lowest BCUT2D eigenvalue weighted by Gasteiger charge is -2.17. The van der Waals surface area contributed by atoms with Gasteiger partial charge in [-0.1, -0.05) is 12.2 Å². The number of imide groups is 1. The zero-order valence-electron chi connectivity index (χ0n) is 16.9. The van der Waals surface area contributed by atoms with Crippen LogP contribution in [0.25, 0.3) is 0 Å². The van der Waals surface area contributed by atoms with E-state index in [0.29, 0.717) is 12.8 Å². The molecule has 11 heteroatoms. The molecule has 0 unspecified atom stereocenters. The molecule has 11 nitrogen and oxygen atoms in total. The smallest absolute Gasteiger partial charge is 0.326 e. The summed E-state index contributed by atoms with van der Waals surface area (Å²) in [4.78, 5) is 60.7. The molecule has 0 spiro atoms. The molecular weight excluding hydrogens is 410 g/mol. The summed E-state index contributed by atoms with van der Waals surface area (Å²) < 4.78 is 10.1. The molecule has 3 atom stereocenters. The number of non-ortho nitro benzene ring substituents is 1. The van der Waals surface area contributed by atoms with Crippen LogP contribution in [0.1, 0.15) is 19.8 Å². The van der Waals surface area contributed by atoms with Crippen molar-refractivity contribution in [1.29, 1.82) is 0 Å². The quantitative estimate of drug-likeness (QED) is 0.224. The van der Waals surface area contributed by atoms with Crippen molar-refractivity contribution in [3.63, 3.8) is 0 Å². The van der Waals surface area contributed by atoms with E-state index in [4.69, 9.17) is 9.47 Å². The van der Waals surface area contributed by atoms with Crippen LogP contribution in [0.3, 0.4) is 0 Å². The summed E-state index contributed by atoms with van der Waals surface area (Å²) in [6.07, 6.45) is 3.29. The second kappa shape index (κ2) is 8.94. The standard InChI is InChI=1S/C20H21N3O8/c1-11(18(25)21-15-9-12(23(28)29)7-8-16(15)30-2)31-17(24)10-22-19(26)13-5-3-4-6-14(13)20(22)27/h3-4,7-9,11,13-14H,5-6,10H2,1-2H3,(H,21,25)/t11-,13-,14+/m1/s1. The van der Waals surface area contributed by atoms with Gasteiger partial charge in [-0.05, 0) is 25.8 Å². The lowest BCUT2D eigenvalue weighted by atomic mass is 9.85. The molecule has 31 heavy (non-hydrogen) atoms. The van der Waals surface area contributed by atoms with Crippen molar-refractivity contribution in [2.75, 3.05) is 19.0 Å². The van der Waals surface area contributed by atoms with Crippen molar-refractivity contribution >= 4 is 35.1 Å². The van der Waals surface area contributed by atoms with Gasteiger partial charge in [-0.25, -0.2) is 0 Å².